The molecule has 6 heteroatoms. The van der Waals surface area contributed by atoms with E-state index in [1.165, 1.54) is 0 Å². The molecule has 0 radical (unpaired) electrons. The number of aromatic nitrogens is 2. The molecule has 0 saturated heterocycles. The Morgan fingerprint density at radius 1 is 1.31 bits per heavy atom. The number of amides is 1. The predicted molar refractivity (Wildman–Crippen MR) is 102 cm³/mol. The molecule has 1 amide bonds. The molecule has 3 heterocycles. The van der Waals surface area contributed by atoms with Crippen molar-refractivity contribution >= 4 is 23.3 Å². The fraction of sp³-hybridized carbons (Fsp3) is 0.150. The van der Waals surface area contributed by atoms with Crippen molar-refractivity contribution in [1.82, 2.24) is 15.3 Å². The lowest BCUT2D eigenvalue weighted by molar-refractivity contribution is -0.116. The highest BCUT2D eigenvalue weighted by molar-refractivity contribution is 7.10. The van der Waals surface area contributed by atoms with E-state index in [0.29, 0.717) is 6.54 Å². The van der Waals surface area contributed by atoms with Gasteiger partial charge < -0.3 is 10.1 Å². The van der Waals surface area contributed by atoms with Gasteiger partial charge in [0.1, 0.15) is 11.9 Å². The van der Waals surface area contributed by atoms with E-state index in [2.05, 4.69) is 15.3 Å². The number of benzene rings is 1. The van der Waals surface area contributed by atoms with Gasteiger partial charge in [-0.2, -0.15) is 0 Å². The average Bonchev–Trinajstić information content (AvgIpc) is 3.34. The largest absolute Gasteiger partial charge is 0.487 e. The second kappa shape index (κ2) is 7.49. The zero-order valence-corrected chi connectivity index (χ0v) is 14.8. The lowest BCUT2D eigenvalue weighted by atomic mass is 10.0. The molecule has 0 bridgehead atoms. The van der Waals surface area contributed by atoms with Gasteiger partial charge in [0.15, 0.2) is 0 Å². The molecule has 130 valence electrons. The van der Waals surface area contributed by atoms with Crippen LogP contribution in [0.25, 0.3) is 17.3 Å². The molecule has 26 heavy (non-hydrogen) atoms. The molecule has 0 fully saturated rings. The minimum Gasteiger partial charge on any atom is -0.487 e. The number of carbonyl (C=O) groups excluding carboxylic acids is 1. The van der Waals surface area contributed by atoms with E-state index in [0.717, 1.165) is 33.9 Å². The third kappa shape index (κ3) is 3.65. The number of nitrogens with zero attached hydrogens (tertiary/aromatic N) is 2. The van der Waals surface area contributed by atoms with Crippen LogP contribution in [0.1, 0.15) is 10.4 Å². The van der Waals surface area contributed by atoms with Gasteiger partial charge in [-0.05, 0) is 29.2 Å². The van der Waals surface area contributed by atoms with Gasteiger partial charge in [0.05, 0.1) is 18.4 Å². The van der Waals surface area contributed by atoms with Crippen molar-refractivity contribution < 1.29 is 9.53 Å². The first-order chi connectivity index (χ1) is 12.8. The van der Waals surface area contributed by atoms with Crippen LogP contribution >= 0.6 is 11.3 Å². The van der Waals surface area contributed by atoms with Gasteiger partial charge in [-0.1, -0.05) is 18.2 Å². The van der Waals surface area contributed by atoms with E-state index in [1.54, 1.807) is 36.0 Å². The monoisotopic (exact) mass is 363 g/mol. The van der Waals surface area contributed by atoms with Crippen LogP contribution < -0.4 is 10.1 Å². The van der Waals surface area contributed by atoms with Gasteiger partial charge in [0.25, 0.3) is 0 Å². The summed E-state index contributed by atoms with van der Waals surface area (Å²) in [6.07, 6.45) is 9.09. The van der Waals surface area contributed by atoms with Gasteiger partial charge in [-0.25, -0.2) is 0 Å². The summed E-state index contributed by atoms with van der Waals surface area (Å²) in [7, 11) is 0. The molecule has 1 aromatic carbocycles. The molecule has 4 rings (SSSR count). The van der Waals surface area contributed by atoms with Crippen molar-refractivity contribution in [2.45, 2.75) is 12.5 Å². The highest BCUT2D eigenvalue weighted by Gasteiger charge is 2.26. The van der Waals surface area contributed by atoms with Crippen molar-refractivity contribution in [1.29, 1.82) is 0 Å². The Kier molecular flexibility index (Phi) is 4.75. The summed E-state index contributed by atoms with van der Waals surface area (Å²) < 4.78 is 6.09. The van der Waals surface area contributed by atoms with Crippen LogP contribution in [-0.4, -0.2) is 28.5 Å². The fourth-order valence-corrected chi connectivity index (χ4v) is 3.53. The Balaban J connectivity index is 1.39. The van der Waals surface area contributed by atoms with E-state index in [1.807, 2.05) is 41.8 Å². The maximum atomic E-state index is 12.0. The Hall–Kier alpha value is -2.99. The van der Waals surface area contributed by atoms with Gasteiger partial charge in [-0.15, -0.1) is 11.3 Å². The molecule has 3 aromatic rings. The fourth-order valence-electron chi connectivity index (χ4n) is 2.91. The Morgan fingerprint density at radius 3 is 3.08 bits per heavy atom. The van der Waals surface area contributed by atoms with Crippen LogP contribution in [-0.2, 0) is 11.2 Å². The number of ether oxygens (including phenoxy) is 1. The summed E-state index contributed by atoms with van der Waals surface area (Å²) in [6, 6.07) is 9.96. The summed E-state index contributed by atoms with van der Waals surface area (Å²) >= 11 is 1.60. The number of nitrogens with one attached hydrogen (secondary N) is 1. The summed E-state index contributed by atoms with van der Waals surface area (Å²) in [5.41, 5.74) is 2.84. The Labute approximate surface area is 155 Å². The highest BCUT2D eigenvalue weighted by Crippen LogP contribution is 2.37. The topological polar surface area (TPSA) is 64.1 Å². The van der Waals surface area contributed by atoms with Crippen LogP contribution in [0.15, 0.2) is 60.4 Å². The Morgan fingerprint density at radius 2 is 2.27 bits per heavy atom. The van der Waals surface area contributed by atoms with Gasteiger partial charge in [0, 0.05) is 35.3 Å². The summed E-state index contributed by atoms with van der Waals surface area (Å²) in [6.45, 7) is 0.461. The lowest BCUT2D eigenvalue weighted by Crippen LogP contribution is -2.33. The second-order valence-corrected chi connectivity index (χ2v) is 6.90. The third-order valence-corrected chi connectivity index (χ3v) is 4.95. The number of hydrogen-bond acceptors (Lipinski definition) is 5. The molecule has 5 nitrogen and oxygen atoms in total. The normalized spacial score (nSPS) is 15.6. The maximum Gasteiger partial charge on any atom is 0.244 e. The molecule has 1 aliphatic rings. The number of para-hydroxylation sites is 1. The van der Waals surface area contributed by atoms with E-state index in [4.69, 9.17) is 4.74 Å². The van der Waals surface area contributed by atoms with E-state index in [9.17, 15) is 4.79 Å². The molecule has 1 unspecified atom stereocenters. The lowest BCUT2D eigenvalue weighted by Gasteiger charge is -2.12. The highest BCUT2D eigenvalue weighted by atomic mass is 32.1. The molecule has 0 spiro atoms. The molecule has 2 aromatic heterocycles. The maximum absolute atomic E-state index is 12.0. The van der Waals surface area contributed by atoms with Crippen LogP contribution in [0.4, 0.5) is 0 Å². The van der Waals surface area contributed by atoms with E-state index >= 15 is 0 Å². The smallest absolute Gasteiger partial charge is 0.244 e. The average molecular weight is 363 g/mol. The van der Waals surface area contributed by atoms with Crippen LogP contribution in [0.3, 0.4) is 0 Å². The van der Waals surface area contributed by atoms with E-state index < -0.39 is 0 Å². The van der Waals surface area contributed by atoms with Crippen LogP contribution in [0, 0.1) is 0 Å². The number of fused-ring (bicyclic) bond motifs is 1. The molecular formula is C20H17N3O2S. The molecule has 1 aliphatic heterocycles. The first-order valence-electron chi connectivity index (χ1n) is 8.34. The first kappa shape index (κ1) is 16.5. The Bertz CT molecular complexity index is 923. The molecule has 1 N–H and O–H groups in total. The van der Waals surface area contributed by atoms with Crippen LogP contribution in [0.2, 0.25) is 0 Å². The predicted octanol–water partition coefficient (Wildman–Crippen LogP) is 3.34. The van der Waals surface area contributed by atoms with E-state index in [-0.39, 0.29) is 12.0 Å². The summed E-state index contributed by atoms with van der Waals surface area (Å²) in [5.74, 6) is 0.716. The molecule has 1 atom stereocenters. The third-order valence-electron chi connectivity index (χ3n) is 4.11. The SMILES string of the molecule is O=C(C=Cc1cccs1)NCC1Cc2cccc(-c3cnccn3)c2O1. The standard InChI is InChI=1S/C20H17N3O2S/c24-19(7-6-16-4-2-10-26-16)23-12-15-11-14-3-1-5-17(20(14)25-15)18-13-21-8-9-22-18/h1-10,13,15H,11-12H2,(H,23,24). The van der Waals surface area contributed by atoms with Crippen molar-refractivity contribution in [2.75, 3.05) is 6.54 Å². The summed E-state index contributed by atoms with van der Waals surface area (Å²) in [4.78, 5) is 21.5. The minimum absolute atomic E-state index is 0.0816. The van der Waals surface area contributed by atoms with Gasteiger partial charge in [-0.3, -0.25) is 14.8 Å². The summed E-state index contributed by atoms with van der Waals surface area (Å²) in [5, 5.41) is 4.89. The number of rotatable bonds is 5. The van der Waals surface area contributed by atoms with Crippen molar-refractivity contribution in [3.8, 4) is 17.0 Å². The van der Waals surface area contributed by atoms with Crippen molar-refractivity contribution in [3.05, 3.63) is 70.8 Å². The zero-order chi connectivity index (χ0) is 17.8. The first-order valence-corrected chi connectivity index (χ1v) is 9.22. The van der Waals surface area contributed by atoms with Gasteiger partial charge in [0.2, 0.25) is 5.91 Å². The van der Waals surface area contributed by atoms with Crippen molar-refractivity contribution in [3.63, 3.8) is 0 Å². The minimum atomic E-state index is -0.118. The molecule has 0 aliphatic carbocycles. The number of carbonyl (C=O) groups is 1. The number of hydrogen-bond donors (Lipinski definition) is 1. The van der Waals surface area contributed by atoms with Crippen molar-refractivity contribution in [2.24, 2.45) is 0 Å². The van der Waals surface area contributed by atoms with Gasteiger partial charge >= 0.3 is 0 Å². The van der Waals surface area contributed by atoms with Crippen LogP contribution in [0.5, 0.6) is 5.75 Å². The molecular weight excluding hydrogens is 346 g/mol. The molecule has 0 saturated carbocycles. The number of thiophene rings is 1. The zero-order valence-electron chi connectivity index (χ0n) is 14.0. The second-order valence-electron chi connectivity index (χ2n) is 5.92. The quantitative estimate of drug-likeness (QED) is 0.706.